The predicted molar refractivity (Wildman–Crippen MR) is 93.5 cm³/mol. The number of piperidine rings is 1. The molecule has 0 aromatic heterocycles. The maximum absolute atomic E-state index is 12.2. The second-order valence-electron chi connectivity index (χ2n) is 7.81. The fourth-order valence-electron chi connectivity index (χ4n) is 3.86. The van der Waals surface area contributed by atoms with E-state index in [4.69, 9.17) is 0 Å². The van der Waals surface area contributed by atoms with E-state index in [1.54, 1.807) is 6.92 Å². The topological polar surface area (TPSA) is 72.9 Å². The summed E-state index contributed by atoms with van der Waals surface area (Å²) in [5, 5.41) is 14.0. The molecule has 0 aliphatic carbocycles. The fraction of sp³-hybridized carbons (Fsp3) is 0.889. The zero-order valence-corrected chi connectivity index (χ0v) is 15.4. The first kappa shape index (κ1) is 19.2. The van der Waals surface area contributed by atoms with Gasteiger partial charge in [-0.25, -0.2) is 0 Å². The van der Waals surface area contributed by atoms with Crippen molar-refractivity contribution in [2.75, 3.05) is 32.7 Å². The van der Waals surface area contributed by atoms with Crippen LogP contribution in [0.25, 0.3) is 0 Å². The van der Waals surface area contributed by atoms with E-state index in [2.05, 4.69) is 10.2 Å². The quantitative estimate of drug-likeness (QED) is 0.801. The third kappa shape index (κ3) is 5.45. The zero-order valence-electron chi connectivity index (χ0n) is 15.4. The van der Waals surface area contributed by atoms with Crippen LogP contribution in [0.1, 0.15) is 52.9 Å². The van der Waals surface area contributed by atoms with E-state index in [0.29, 0.717) is 19.5 Å². The highest BCUT2D eigenvalue weighted by Crippen LogP contribution is 2.25. The van der Waals surface area contributed by atoms with Crippen molar-refractivity contribution in [3.8, 4) is 0 Å². The van der Waals surface area contributed by atoms with Crippen molar-refractivity contribution < 1.29 is 14.7 Å². The Morgan fingerprint density at radius 2 is 1.83 bits per heavy atom. The van der Waals surface area contributed by atoms with Crippen LogP contribution in [-0.2, 0) is 9.59 Å². The molecule has 138 valence electrons. The molecule has 0 radical (unpaired) electrons. The third-order valence-electron chi connectivity index (χ3n) is 5.24. The van der Waals surface area contributed by atoms with Gasteiger partial charge in [-0.15, -0.1) is 0 Å². The molecule has 0 bridgehead atoms. The monoisotopic (exact) mass is 339 g/mol. The molecule has 2 amide bonds. The molecule has 1 atom stereocenters. The van der Waals surface area contributed by atoms with Crippen molar-refractivity contribution in [2.45, 2.75) is 64.5 Å². The number of carbonyl (C=O) groups excluding carboxylic acids is 2. The van der Waals surface area contributed by atoms with Crippen molar-refractivity contribution in [1.29, 1.82) is 0 Å². The van der Waals surface area contributed by atoms with Gasteiger partial charge >= 0.3 is 0 Å². The summed E-state index contributed by atoms with van der Waals surface area (Å²) in [6.45, 7) is 9.30. The van der Waals surface area contributed by atoms with Gasteiger partial charge in [0, 0.05) is 51.6 Å². The second-order valence-corrected chi connectivity index (χ2v) is 7.81. The highest BCUT2D eigenvalue weighted by Gasteiger charge is 2.34. The lowest BCUT2D eigenvalue weighted by molar-refractivity contribution is -0.134. The van der Waals surface area contributed by atoms with Crippen LogP contribution in [0.5, 0.6) is 0 Å². The van der Waals surface area contributed by atoms with E-state index in [1.165, 1.54) is 0 Å². The van der Waals surface area contributed by atoms with Gasteiger partial charge in [-0.3, -0.25) is 9.59 Å². The van der Waals surface area contributed by atoms with Crippen molar-refractivity contribution >= 4 is 11.8 Å². The number of hydrogen-bond donors (Lipinski definition) is 2. The molecule has 0 aromatic carbocycles. The number of nitrogens with zero attached hydrogens (tertiary/aromatic N) is 2. The molecular weight excluding hydrogens is 306 g/mol. The van der Waals surface area contributed by atoms with Gasteiger partial charge < -0.3 is 20.2 Å². The average Bonchev–Trinajstić information content (AvgIpc) is 2.70. The van der Waals surface area contributed by atoms with Crippen molar-refractivity contribution in [2.24, 2.45) is 5.92 Å². The maximum Gasteiger partial charge on any atom is 0.225 e. The van der Waals surface area contributed by atoms with Crippen LogP contribution in [0.4, 0.5) is 0 Å². The van der Waals surface area contributed by atoms with Crippen LogP contribution < -0.4 is 5.32 Å². The van der Waals surface area contributed by atoms with E-state index in [-0.39, 0.29) is 23.8 Å². The Hall–Kier alpha value is -1.14. The number of carbonyl (C=O) groups is 2. The van der Waals surface area contributed by atoms with Gasteiger partial charge in [0.1, 0.15) is 0 Å². The summed E-state index contributed by atoms with van der Waals surface area (Å²) in [5.74, 6) is 0.241. The van der Waals surface area contributed by atoms with Gasteiger partial charge in [0.15, 0.2) is 0 Å². The molecule has 2 heterocycles. The number of rotatable bonds is 4. The number of nitrogens with one attached hydrogen (secondary N) is 1. The van der Waals surface area contributed by atoms with E-state index in [0.717, 1.165) is 45.3 Å². The minimum atomic E-state index is -0.702. The van der Waals surface area contributed by atoms with Crippen LogP contribution >= 0.6 is 0 Å². The summed E-state index contributed by atoms with van der Waals surface area (Å²) in [6.07, 6.45) is 4.14. The lowest BCUT2D eigenvalue weighted by atomic mass is 9.93. The summed E-state index contributed by atoms with van der Waals surface area (Å²) in [7, 11) is 0. The lowest BCUT2D eigenvalue weighted by Gasteiger charge is -2.38. The Kier molecular flexibility index (Phi) is 6.63. The molecule has 2 fully saturated rings. The summed E-state index contributed by atoms with van der Waals surface area (Å²) in [6, 6.07) is 0.265. The Balaban J connectivity index is 1.82. The van der Waals surface area contributed by atoms with Crippen LogP contribution in [0.3, 0.4) is 0 Å². The predicted octanol–water partition coefficient (Wildman–Crippen LogP) is 0.987. The number of aliphatic hydroxyl groups is 1. The lowest BCUT2D eigenvalue weighted by Crippen LogP contribution is -2.50. The molecule has 2 rings (SSSR count). The molecule has 6 nitrogen and oxygen atoms in total. The number of β-amino-alcohol motifs (C(OH)–C–C–N with tert-alkyl or cyclic N) is 1. The maximum atomic E-state index is 12.2. The number of hydrogen-bond acceptors (Lipinski definition) is 4. The van der Waals surface area contributed by atoms with Gasteiger partial charge in [-0.2, -0.15) is 0 Å². The van der Waals surface area contributed by atoms with Crippen molar-refractivity contribution in [3.63, 3.8) is 0 Å². The van der Waals surface area contributed by atoms with Crippen LogP contribution in [-0.4, -0.2) is 71.1 Å². The normalized spacial score (nSPS) is 27.1. The van der Waals surface area contributed by atoms with Gasteiger partial charge in [-0.05, 0) is 32.1 Å². The molecular formula is C18H33N3O3. The smallest absolute Gasteiger partial charge is 0.225 e. The largest absolute Gasteiger partial charge is 0.388 e. The highest BCUT2D eigenvalue weighted by molar-refractivity contribution is 5.78. The molecule has 0 aromatic rings. The van der Waals surface area contributed by atoms with Crippen LogP contribution in [0.15, 0.2) is 0 Å². The molecule has 2 aliphatic rings. The third-order valence-corrected chi connectivity index (χ3v) is 5.24. The van der Waals surface area contributed by atoms with Gasteiger partial charge in [0.25, 0.3) is 0 Å². The van der Waals surface area contributed by atoms with Crippen LogP contribution in [0.2, 0.25) is 0 Å². The van der Waals surface area contributed by atoms with Gasteiger partial charge in [0.05, 0.1) is 5.60 Å². The van der Waals surface area contributed by atoms with Crippen LogP contribution in [0, 0.1) is 5.92 Å². The number of amides is 2. The molecule has 24 heavy (non-hydrogen) atoms. The Labute approximate surface area is 145 Å². The molecule has 0 unspecified atom stereocenters. The van der Waals surface area contributed by atoms with Crippen molar-refractivity contribution in [1.82, 2.24) is 15.1 Å². The first-order valence-corrected chi connectivity index (χ1v) is 9.30. The zero-order chi connectivity index (χ0) is 17.7. The minimum Gasteiger partial charge on any atom is -0.388 e. The summed E-state index contributed by atoms with van der Waals surface area (Å²) < 4.78 is 0. The first-order valence-electron chi connectivity index (χ1n) is 9.30. The second kappa shape index (κ2) is 8.30. The average molecular weight is 339 g/mol. The molecule has 2 N–H and O–H groups in total. The first-order chi connectivity index (χ1) is 11.3. The molecule has 0 spiro atoms. The molecule has 2 saturated heterocycles. The summed E-state index contributed by atoms with van der Waals surface area (Å²) >= 11 is 0. The van der Waals surface area contributed by atoms with Gasteiger partial charge in [-0.1, -0.05) is 13.8 Å². The summed E-state index contributed by atoms with van der Waals surface area (Å²) in [4.78, 5) is 27.5. The highest BCUT2D eigenvalue weighted by atomic mass is 16.3. The van der Waals surface area contributed by atoms with Gasteiger partial charge in [0.2, 0.25) is 11.8 Å². The minimum absolute atomic E-state index is 0.0176. The van der Waals surface area contributed by atoms with E-state index < -0.39 is 5.60 Å². The molecule has 2 aliphatic heterocycles. The van der Waals surface area contributed by atoms with E-state index >= 15 is 0 Å². The number of likely N-dealkylation sites (tertiary alicyclic amines) is 2. The molecule has 6 heteroatoms. The Bertz CT molecular complexity index is 447. The molecule has 0 saturated carbocycles. The van der Waals surface area contributed by atoms with E-state index in [1.807, 2.05) is 18.7 Å². The standard InChI is InChI=1S/C18H33N3O3/c1-14(2)17(23)21-9-4-7-18(24,8-12-21)13-20-10-5-16(6-11-20)19-15(3)22/h14,16,24H,4-13H2,1-3H3,(H,19,22)/t18-/m0/s1. The van der Waals surface area contributed by atoms with E-state index in [9.17, 15) is 14.7 Å². The Morgan fingerprint density at radius 3 is 2.42 bits per heavy atom. The van der Waals surface area contributed by atoms with Crippen molar-refractivity contribution in [3.05, 3.63) is 0 Å². The SMILES string of the molecule is CC(=O)NC1CCN(C[C@]2(O)CCCN(C(=O)C(C)C)CC2)CC1. The Morgan fingerprint density at radius 1 is 1.17 bits per heavy atom. The fourth-order valence-corrected chi connectivity index (χ4v) is 3.86. The summed E-state index contributed by atoms with van der Waals surface area (Å²) in [5.41, 5.74) is -0.702.